The first-order valence-corrected chi connectivity index (χ1v) is 9.73. The molecule has 1 saturated heterocycles. The van der Waals surface area contributed by atoms with Crippen LogP contribution in [0.4, 0.5) is 5.69 Å². The molecule has 2 fully saturated rings. The molecule has 1 N–H and O–H groups in total. The van der Waals surface area contributed by atoms with Crippen LogP contribution < -0.4 is 5.32 Å². The van der Waals surface area contributed by atoms with Gasteiger partial charge in [-0.25, -0.2) is 0 Å². The zero-order chi connectivity index (χ0) is 18.6. The Kier molecular flexibility index (Phi) is 5.45. The highest BCUT2D eigenvalue weighted by molar-refractivity contribution is 5.39. The van der Waals surface area contributed by atoms with Gasteiger partial charge in [-0.3, -0.25) is 15.1 Å². The number of hydrogen-bond acceptors (Lipinski definition) is 5. The van der Waals surface area contributed by atoms with Crippen LogP contribution in [0.2, 0.25) is 0 Å². The second-order valence-electron chi connectivity index (χ2n) is 7.51. The van der Waals surface area contributed by atoms with Crippen LogP contribution in [0.1, 0.15) is 49.3 Å². The van der Waals surface area contributed by atoms with Crippen molar-refractivity contribution >= 4 is 5.69 Å². The topological polar surface area (TPSA) is 77.3 Å². The molecule has 6 nitrogen and oxygen atoms in total. The maximum Gasteiger partial charge on any atom is 0.293 e. The molecule has 2 aliphatic rings. The maximum absolute atomic E-state index is 11.4. The highest BCUT2D eigenvalue weighted by atomic mass is 16.6. The van der Waals surface area contributed by atoms with E-state index in [1.54, 1.807) is 12.3 Å². The minimum atomic E-state index is -0.356. The van der Waals surface area contributed by atoms with E-state index in [2.05, 4.69) is 22.4 Å². The molecule has 0 unspecified atom stereocenters. The third-order valence-corrected chi connectivity index (χ3v) is 5.87. The van der Waals surface area contributed by atoms with Gasteiger partial charge in [0, 0.05) is 24.7 Å². The van der Waals surface area contributed by atoms with Crippen LogP contribution in [0.5, 0.6) is 0 Å². The standard InChI is InChI=1S/C21H25N3O3/c25-24(26)19-14-22-11-10-17(19)21-12-18(16-8-4-5-9-20(16)27-21)23-13-15-6-2-1-3-7-15/h1-3,6-7,10-11,14,16,18,20-21,23H,4-5,8-9,12-13H2/t16-,18-,20-,21-/m1/s1. The van der Waals surface area contributed by atoms with E-state index in [1.807, 2.05) is 18.2 Å². The van der Waals surface area contributed by atoms with Gasteiger partial charge in [-0.15, -0.1) is 0 Å². The van der Waals surface area contributed by atoms with Crippen molar-refractivity contribution in [3.8, 4) is 0 Å². The molecule has 0 bridgehead atoms. The smallest absolute Gasteiger partial charge is 0.293 e. The predicted octanol–water partition coefficient (Wildman–Crippen LogP) is 4.17. The third kappa shape index (κ3) is 4.01. The second kappa shape index (κ2) is 8.15. The normalized spacial score (nSPS) is 27.7. The molecule has 2 heterocycles. The third-order valence-electron chi connectivity index (χ3n) is 5.87. The SMILES string of the molecule is O=[N+]([O-])c1cnccc1[C@H]1C[C@@H](NCc2ccccc2)[C@H]2CCCC[C@H]2O1. The van der Waals surface area contributed by atoms with Crippen LogP contribution >= 0.6 is 0 Å². The molecule has 27 heavy (non-hydrogen) atoms. The van der Waals surface area contributed by atoms with Crippen LogP contribution in [0.3, 0.4) is 0 Å². The van der Waals surface area contributed by atoms with E-state index in [4.69, 9.17) is 4.74 Å². The molecule has 4 rings (SSSR count). The number of ether oxygens (including phenoxy) is 1. The van der Waals surface area contributed by atoms with E-state index < -0.39 is 0 Å². The number of rotatable bonds is 5. The fourth-order valence-electron chi connectivity index (χ4n) is 4.53. The molecular formula is C21H25N3O3. The van der Waals surface area contributed by atoms with Crippen molar-refractivity contribution in [3.63, 3.8) is 0 Å². The zero-order valence-electron chi connectivity index (χ0n) is 15.3. The van der Waals surface area contributed by atoms with Gasteiger partial charge in [0.25, 0.3) is 5.69 Å². The number of fused-ring (bicyclic) bond motifs is 1. The lowest BCUT2D eigenvalue weighted by Gasteiger charge is -2.45. The molecule has 1 aromatic carbocycles. The van der Waals surface area contributed by atoms with E-state index in [0.29, 0.717) is 17.5 Å². The minimum absolute atomic E-state index is 0.0542. The molecule has 0 amide bonds. The van der Waals surface area contributed by atoms with Gasteiger partial charge in [0.2, 0.25) is 0 Å². The number of benzene rings is 1. The number of hydrogen-bond donors (Lipinski definition) is 1. The first-order chi connectivity index (χ1) is 13.2. The monoisotopic (exact) mass is 367 g/mol. The van der Waals surface area contributed by atoms with E-state index in [9.17, 15) is 10.1 Å². The molecule has 6 heteroatoms. The molecular weight excluding hydrogens is 342 g/mol. The molecule has 142 valence electrons. The lowest BCUT2D eigenvalue weighted by atomic mass is 9.76. The van der Waals surface area contributed by atoms with Gasteiger partial charge < -0.3 is 10.1 Å². The summed E-state index contributed by atoms with van der Waals surface area (Å²) >= 11 is 0. The summed E-state index contributed by atoms with van der Waals surface area (Å²) in [6.07, 6.45) is 8.18. The Morgan fingerprint density at radius 1 is 1.19 bits per heavy atom. The number of nitro groups is 1. The Bertz CT molecular complexity index is 783. The van der Waals surface area contributed by atoms with E-state index in [-0.39, 0.29) is 22.8 Å². The summed E-state index contributed by atoms with van der Waals surface area (Å²) in [7, 11) is 0. The number of aromatic nitrogens is 1. The Morgan fingerprint density at radius 3 is 2.81 bits per heavy atom. The van der Waals surface area contributed by atoms with Gasteiger partial charge >= 0.3 is 0 Å². The van der Waals surface area contributed by atoms with Crippen LogP contribution in [-0.2, 0) is 11.3 Å². The van der Waals surface area contributed by atoms with Crippen molar-refractivity contribution in [2.45, 2.75) is 56.9 Å². The zero-order valence-corrected chi connectivity index (χ0v) is 15.3. The summed E-state index contributed by atoms with van der Waals surface area (Å²) in [5, 5.41) is 15.2. The van der Waals surface area contributed by atoms with Crippen LogP contribution in [0.15, 0.2) is 48.8 Å². The van der Waals surface area contributed by atoms with Crippen LogP contribution in [0.25, 0.3) is 0 Å². The van der Waals surface area contributed by atoms with Gasteiger partial charge in [-0.2, -0.15) is 0 Å². The fourth-order valence-corrected chi connectivity index (χ4v) is 4.53. The maximum atomic E-state index is 11.4. The lowest BCUT2D eigenvalue weighted by Crippen LogP contribution is -2.49. The van der Waals surface area contributed by atoms with Crippen molar-refractivity contribution in [1.82, 2.24) is 10.3 Å². The van der Waals surface area contributed by atoms with Gasteiger partial charge in [-0.05, 0) is 30.9 Å². The molecule has 1 aliphatic carbocycles. The van der Waals surface area contributed by atoms with Crippen LogP contribution in [0, 0.1) is 16.0 Å². The summed E-state index contributed by atoms with van der Waals surface area (Å²) in [6, 6.07) is 12.4. The summed E-state index contributed by atoms with van der Waals surface area (Å²) in [5.74, 6) is 0.472. The van der Waals surface area contributed by atoms with Crippen molar-refractivity contribution in [1.29, 1.82) is 0 Å². The van der Waals surface area contributed by atoms with Crippen molar-refractivity contribution < 1.29 is 9.66 Å². The quantitative estimate of drug-likeness (QED) is 0.634. The number of pyridine rings is 1. The van der Waals surface area contributed by atoms with E-state index >= 15 is 0 Å². The number of nitrogens with one attached hydrogen (secondary N) is 1. The summed E-state index contributed by atoms with van der Waals surface area (Å²) in [6.45, 7) is 0.805. The fraction of sp³-hybridized carbons (Fsp3) is 0.476. The van der Waals surface area contributed by atoms with E-state index in [1.165, 1.54) is 18.2 Å². The molecule has 1 aliphatic heterocycles. The molecule has 0 radical (unpaired) electrons. The summed E-state index contributed by atoms with van der Waals surface area (Å²) in [4.78, 5) is 15.0. The molecule has 1 saturated carbocycles. The highest BCUT2D eigenvalue weighted by Gasteiger charge is 2.41. The molecule has 0 spiro atoms. The van der Waals surface area contributed by atoms with Gasteiger partial charge in [0.15, 0.2) is 0 Å². The van der Waals surface area contributed by atoms with Crippen LogP contribution in [-0.4, -0.2) is 22.1 Å². The Balaban J connectivity index is 1.55. The highest BCUT2D eigenvalue weighted by Crippen LogP contribution is 2.43. The Hall–Kier alpha value is -2.31. The second-order valence-corrected chi connectivity index (χ2v) is 7.51. The minimum Gasteiger partial charge on any atom is -0.370 e. The first kappa shape index (κ1) is 18.1. The predicted molar refractivity (Wildman–Crippen MR) is 102 cm³/mol. The van der Waals surface area contributed by atoms with Crippen molar-refractivity contribution in [3.05, 3.63) is 70.0 Å². The first-order valence-electron chi connectivity index (χ1n) is 9.73. The average Bonchev–Trinajstić information content (AvgIpc) is 2.72. The van der Waals surface area contributed by atoms with E-state index in [0.717, 1.165) is 32.2 Å². The Labute approximate surface area is 159 Å². The van der Waals surface area contributed by atoms with Crippen molar-refractivity contribution in [2.24, 2.45) is 5.92 Å². The van der Waals surface area contributed by atoms with Gasteiger partial charge in [0.1, 0.15) is 6.20 Å². The molecule has 1 aromatic heterocycles. The number of nitrogens with zero attached hydrogens (tertiary/aromatic N) is 2. The van der Waals surface area contributed by atoms with Gasteiger partial charge in [-0.1, -0.05) is 43.2 Å². The summed E-state index contributed by atoms with van der Waals surface area (Å²) in [5.41, 5.74) is 1.95. The summed E-state index contributed by atoms with van der Waals surface area (Å²) < 4.78 is 6.38. The molecule has 4 atom stereocenters. The van der Waals surface area contributed by atoms with Gasteiger partial charge in [0.05, 0.1) is 22.7 Å². The Morgan fingerprint density at radius 2 is 2.00 bits per heavy atom. The molecule has 2 aromatic rings. The lowest BCUT2D eigenvalue weighted by molar-refractivity contribution is -0.386. The van der Waals surface area contributed by atoms with Crippen molar-refractivity contribution in [2.75, 3.05) is 0 Å². The average molecular weight is 367 g/mol. The largest absolute Gasteiger partial charge is 0.370 e.